The van der Waals surface area contributed by atoms with Gasteiger partial charge in [-0.3, -0.25) is 0 Å². The molecule has 0 atom stereocenters. The predicted molar refractivity (Wildman–Crippen MR) is 146 cm³/mol. The number of aromatic nitrogens is 4. The Labute approximate surface area is 249 Å². The van der Waals surface area contributed by atoms with Crippen molar-refractivity contribution in [3.05, 3.63) is 111 Å². The van der Waals surface area contributed by atoms with Crippen LogP contribution in [0.25, 0.3) is 22.7 Å². The normalized spacial score (nSPS) is 12.6. The van der Waals surface area contributed by atoms with E-state index in [1.165, 1.54) is 0 Å². The van der Waals surface area contributed by atoms with Crippen molar-refractivity contribution in [2.45, 2.75) is 25.3 Å². The molecule has 5 rings (SSSR count). The highest BCUT2D eigenvalue weighted by Crippen LogP contribution is 2.39. The van der Waals surface area contributed by atoms with Gasteiger partial charge < -0.3 is 14.8 Å². The molecule has 0 aliphatic heterocycles. The molecule has 2 aromatic heterocycles. The van der Waals surface area contributed by atoms with Crippen molar-refractivity contribution >= 4 is 17.3 Å². The molecular weight excluding hydrogens is 616 g/mol. The zero-order valence-electron chi connectivity index (χ0n) is 22.2. The van der Waals surface area contributed by atoms with E-state index < -0.39 is 30.0 Å². The molecule has 0 saturated carbocycles. The topological polar surface area (TPSA) is 110 Å². The summed E-state index contributed by atoms with van der Waals surface area (Å²) in [5.74, 6) is -0.0914. The molecule has 5 aromatic rings. The highest BCUT2D eigenvalue weighted by Gasteiger charge is 2.37. The van der Waals surface area contributed by atoms with Crippen LogP contribution in [-0.2, 0) is 25.3 Å². The molecule has 0 spiro atoms. The number of rotatable bonds is 8. The molecule has 0 saturated heterocycles. The first kappa shape index (κ1) is 30.8. The van der Waals surface area contributed by atoms with Gasteiger partial charge in [-0.15, -0.1) is 5.10 Å². The van der Waals surface area contributed by atoms with Crippen molar-refractivity contribution in [2.24, 2.45) is 5.16 Å². The molecule has 15 heteroatoms. The summed E-state index contributed by atoms with van der Waals surface area (Å²) in [5.41, 5.74) is -2.27. The lowest BCUT2D eigenvalue weighted by atomic mass is 9.96. The molecule has 0 aliphatic rings. The first-order chi connectivity index (χ1) is 20.9. The lowest BCUT2D eigenvalue weighted by Gasteiger charge is -2.15. The van der Waals surface area contributed by atoms with Crippen LogP contribution in [0.1, 0.15) is 33.5 Å². The third-order valence-corrected chi connectivity index (χ3v) is 6.88. The average Bonchev–Trinajstić information content (AvgIpc) is 3.58. The number of halogens is 7. The van der Waals surface area contributed by atoms with Gasteiger partial charge in [-0.05, 0) is 29.8 Å². The number of oxime groups is 1. The van der Waals surface area contributed by atoms with Gasteiger partial charge in [0.2, 0.25) is 0 Å². The Kier molecular flexibility index (Phi) is 8.48. The molecular formula is C29H20ClF6N5O3. The summed E-state index contributed by atoms with van der Waals surface area (Å²) in [6.45, 7) is -0.905. The molecule has 2 N–H and O–H groups in total. The van der Waals surface area contributed by atoms with Gasteiger partial charge in [-0.25, -0.2) is 4.68 Å². The zero-order chi connectivity index (χ0) is 31.6. The fraction of sp³-hybridized carbons (Fsp3) is 0.172. The number of hydrogen-bond acceptors (Lipinski definition) is 7. The lowest BCUT2D eigenvalue weighted by Crippen LogP contribution is -2.13. The van der Waals surface area contributed by atoms with Gasteiger partial charge in [0.25, 0.3) is 0 Å². The van der Waals surface area contributed by atoms with Gasteiger partial charge in [-0.1, -0.05) is 75.7 Å². The molecule has 3 aromatic carbocycles. The largest absolute Gasteiger partial charge is 0.416 e. The minimum atomic E-state index is -5.04. The Bertz CT molecular complexity index is 1780. The van der Waals surface area contributed by atoms with Gasteiger partial charge in [0.05, 0.1) is 34.0 Å². The Morgan fingerprint density at radius 1 is 0.909 bits per heavy atom. The van der Waals surface area contributed by atoms with Crippen molar-refractivity contribution in [1.82, 2.24) is 20.2 Å². The second kappa shape index (κ2) is 12.1. The quantitative estimate of drug-likeness (QED) is 0.0815. The van der Waals surface area contributed by atoms with E-state index in [4.69, 9.17) is 16.1 Å². The smallest absolute Gasteiger partial charge is 0.410 e. The summed E-state index contributed by atoms with van der Waals surface area (Å²) in [7, 11) is 0. The van der Waals surface area contributed by atoms with Crippen LogP contribution in [0, 0.1) is 0 Å². The molecule has 8 nitrogen and oxygen atoms in total. The van der Waals surface area contributed by atoms with Crippen LogP contribution in [-0.4, -0.2) is 42.8 Å². The number of nitrogens with zero attached hydrogens (tertiary/aromatic N) is 5. The maximum atomic E-state index is 13.6. The summed E-state index contributed by atoms with van der Waals surface area (Å²) >= 11 is 6.37. The van der Waals surface area contributed by atoms with E-state index in [-0.39, 0.29) is 69.4 Å². The van der Waals surface area contributed by atoms with Crippen molar-refractivity contribution in [1.29, 1.82) is 0 Å². The summed E-state index contributed by atoms with van der Waals surface area (Å²) < 4.78 is 88.1. The number of alkyl halides is 6. The van der Waals surface area contributed by atoms with Crippen LogP contribution in [0.3, 0.4) is 0 Å². The van der Waals surface area contributed by atoms with E-state index in [0.29, 0.717) is 17.7 Å². The average molecular weight is 636 g/mol. The number of aliphatic hydroxyl groups excluding tert-OH is 1. The van der Waals surface area contributed by atoms with E-state index in [2.05, 4.69) is 20.6 Å². The van der Waals surface area contributed by atoms with E-state index >= 15 is 0 Å². The minimum Gasteiger partial charge on any atom is -0.410 e. The van der Waals surface area contributed by atoms with Crippen molar-refractivity contribution < 1.29 is 41.2 Å². The van der Waals surface area contributed by atoms with Crippen LogP contribution in [0.2, 0.25) is 5.02 Å². The molecule has 0 fully saturated rings. The maximum absolute atomic E-state index is 13.6. The number of aliphatic hydroxyl groups is 1. The highest BCUT2D eigenvalue weighted by molar-refractivity contribution is 6.35. The van der Waals surface area contributed by atoms with E-state index in [0.717, 1.165) is 4.68 Å². The Balaban J connectivity index is 1.72. The van der Waals surface area contributed by atoms with Crippen LogP contribution in [0.5, 0.6) is 0 Å². The van der Waals surface area contributed by atoms with Gasteiger partial charge >= 0.3 is 12.4 Å². The maximum Gasteiger partial charge on any atom is 0.416 e. The third kappa shape index (κ3) is 6.17. The van der Waals surface area contributed by atoms with E-state index in [9.17, 15) is 36.7 Å². The summed E-state index contributed by atoms with van der Waals surface area (Å²) in [6.07, 6.45) is -10.1. The van der Waals surface area contributed by atoms with Crippen molar-refractivity contribution in [2.75, 3.05) is 6.61 Å². The Hall–Kier alpha value is -4.69. The van der Waals surface area contributed by atoms with Crippen molar-refractivity contribution in [3.8, 4) is 22.7 Å². The molecule has 0 aliphatic carbocycles. The summed E-state index contributed by atoms with van der Waals surface area (Å²) in [4.78, 5) is 0. The van der Waals surface area contributed by atoms with Crippen LogP contribution in [0.4, 0.5) is 26.3 Å². The van der Waals surface area contributed by atoms with Gasteiger partial charge in [0.15, 0.2) is 11.5 Å². The molecule has 44 heavy (non-hydrogen) atoms. The fourth-order valence-electron chi connectivity index (χ4n) is 4.64. The molecule has 0 unspecified atom stereocenters. The minimum absolute atomic E-state index is 0.0147. The SMILES string of the molecule is OCCc1noc(-c2nnn(Cc3cc(C(F)(F)F)cc(C(F)(F)F)c3)c2-c2ccccc2)c1/C(=N\O)c1ccccc1Cl. The first-order valence-corrected chi connectivity index (χ1v) is 13.1. The van der Waals surface area contributed by atoms with Gasteiger partial charge in [0.1, 0.15) is 11.4 Å². The van der Waals surface area contributed by atoms with E-state index in [1.54, 1.807) is 54.6 Å². The van der Waals surface area contributed by atoms with Crippen LogP contribution < -0.4 is 0 Å². The number of benzene rings is 3. The summed E-state index contributed by atoms with van der Waals surface area (Å²) in [6, 6.07) is 16.0. The summed E-state index contributed by atoms with van der Waals surface area (Å²) in [5, 5.41) is 35.6. The second-order valence-electron chi connectivity index (χ2n) is 9.46. The van der Waals surface area contributed by atoms with Gasteiger partial charge in [-0.2, -0.15) is 26.3 Å². The molecule has 0 radical (unpaired) electrons. The molecule has 2 heterocycles. The Morgan fingerprint density at radius 3 is 2.14 bits per heavy atom. The van der Waals surface area contributed by atoms with Crippen molar-refractivity contribution in [3.63, 3.8) is 0 Å². The second-order valence-corrected chi connectivity index (χ2v) is 9.87. The van der Waals surface area contributed by atoms with Crippen LogP contribution in [0.15, 0.2) is 82.5 Å². The molecule has 228 valence electrons. The van der Waals surface area contributed by atoms with Crippen LogP contribution >= 0.6 is 11.6 Å². The standard InChI is InChI=1S/C29H20ClF6N5O3/c30-21-9-5-4-8-20(21)24(38-43)23-22(10-11-42)39-44-27(23)25-26(17-6-2-1-3-7-17)41(40-37-25)15-16-12-18(28(31,32)33)14-19(13-16)29(34,35)36/h1-9,12-14,42-43H,10-11,15H2/b38-24-. The highest BCUT2D eigenvalue weighted by atomic mass is 35.5. The first-order valence-electron chi connectivity index (χ1n) is 12.8. The zero-order valence-corrected chi connectivity index (χ0v) is 23.0. The molecule has 0 bridgehead atoms. The van der Waals surface area contributed by atoms with Gasteiger partial charge in [0, 0.05) is 24.2 Å². The Morgan fingerprint density at radius 2 is 1.55 bits per heavy atom. The monoisotopic (exact) mass is 635 g/mol. The van der Waals surface area contributed by atoms with E-state index in [1.807, 2.05) is 0 Å². The molecule has 0 amide bonds. The predicted octanol–water partition coefficient (Wildman–Crippen LogP) is 7.10. The third-order valence-electron chi connectivity index (χ3n) is 6.55. The number of hydrogen-bond donors (Lipinski definition) is 2. The fourth-order valence-corrected chi connectivity index (χ4v) is 4.86. The lowest BCUT2D eigenvalue weighted by molar-refractivity contribution is -0.143.